The second kappa shape index (κ2) is 5.73. The smallest absolute Gasteiger partial charge is 0.410 e. The maximum Gasteiger partial charge on any atom is 0.410 e. The minimum absolute atomic E-state index is 0.209. The zero-order valence-corrected chi connectivity index (χ0v) is 12.5. The molecule has 1 aromatic heterocycles. The molecule has 0 bridgehead atoms. The van der Waals surface area contributed by atoms with Gasteiger partial charge in [0.15, 0.2) is 0 Å². The predicted octanol–water partition coefficient (Wildman–Crippen LogP) is 2.11. The van der Waals surface area contributed by atoms with E-state index in [1.165, 1.54) is 0 Å². The number of aromatic nitrogens is 2. The van der Waals surface area contributed by atoms with E-state index in [4.69, 9.17) is 10.5 Å². The van der Waals surface area contributed by atoms with E-state index in [0.717, 1.165) is 32.5 Å². The number of likely N-dealkylation sites (tertiary alicyclic amines) is 1. The summed E-state index contributed by atoms with van der Waals surface area (Å²) >= 11 is 0. The van der Waals surface area contributed by atoms with Crippen LogP contribution in [0.2, 0.25) is 0 Å². The monoisotopic (exact) mass is 280 g/mol. The molecule has 2 heterocycles. The molecular weight excluding hydrogens is 256 g/mol. The number of nitrogens with zero attached hydrogens (tertiary/aromatic N) is 3. The first-order valence-electron chi connectivity index (χ1n) is 7.09. The molecule has 0 saturated carbocycles. The summed E-state index contributed by atoms with van der Waals surface area (Å²) in [6.45, 7) is 8.02. The van der Waals surface area contributed by atoms with Crippen molar-refractivity contribution in [3.63, 3.8) is 0 Å². The quantitative estimate of drug-likeness (QED) is 0.900. The highest BCUT2D eigenvalue weighted by Gasteiger charge is 2.26. The molecule has 0 unspecified atom stereocenters. The fourth-order valence-electron chi connectivity index (χ4n) is 2.37. The standard InChI is InChI=1S/C14H24N4O2/c1-14(2,3)20-13(19)17-6-4-11(5-7-17)9-18-10-12(15)8-16-18/h8,10-11H,4-7,9,15H2,1-3H3. The summed E-state index contributed by atoms with van der Waals surface area (Å²) in [5.41, 5.74) is 5.91. The molecule has 2 rings (SSSR count). The van der Waals surface area contributed by atoms with Crippen LogP contribution in [0.15, 0.2) is 12.4 Å². The highest BCUT2D eigenvalue weighted by atomic mass is 16.6. The summed E-state index contributed by atoms with van der Waals surface area (Å²) in [4.78, 5) is 13.7. The van der Waals surface area contributed by atoms with Crippen molar-refractivity contribution >= 4 is 11.8 Å². The lowest BCUT2D eigenvalue weighted by molar-refractivity contribution is 0.0177. The summed E-state index contributed by atoms with van der Waals surface area (Å²) in [5, 5.41) is 4.20. The van der Waals surface area contributed by atoms with Crippen LogP contribution in [0.3, 0.4) is 0 Å². The van der Waals surface area contributed by atoms with Gasteiger partial charge < -0.3 is 15.4 Å². The molecule has 1 aliphatic heterocycles. The molecule has 20 heavy (non-hydrogen) atoms. The molecule has 112 valence electrons. The highest BCUT2D eigenvalue weighted by molar-refractivity contribution is 5.68. The first kappa shape index (κ1) is 14.7. The van der Waals surface area contributed by atoms with Crippen LogP contribution < -0.4 is 5.73 Å². The predicted molar refractivity (Wildman–Crippen MR) is 77.2 cm³/mol. The number of amides is 1. The Bertz CT molecular complexity index is 456. The molecule has 6 heteroatoms. The van der Waals surface area contributed by atoms with E-state index in [1.54, 1.807) is 11.1 Å². The summed E-state index contributed by atoms with van der Waals surface area (Å²) in [7, 11) is 0. The zero-order chi connectivity index (χ0) is 14.8. The number of anilines is 1. The van der Waals surface area contributed by atoms with Crippen molar-refractivity contribution in [3.05, 3.63) is 12.4 Å². The molecule has 0 spiro atoms. The Morgan fingerprint density at radius 3 is 2.60 bits per heavy atom. The van der Waals surface area contributed by atoms with Crippen molar-refractivity contribution in [2.24, 2.45) is 5.92 Å². The van der Waals surface area contributed by atoms with Gasteiger partial charge in [-0.15, -0.1) is 0 Å². The topological polar surface area (TPSA) is 73.4 Å². The molecule has 0 radical (unpaired) electrons. The first-order chi connectivity index (χ1) is 9.33. The van der Waals surface area contributed by atoms with Gasteiger partial charge >= 0.3 is 6.09 Å². The Morgan fingerprint density at radius 2 is 2.10 bits per heavy atom. The molecule has 6 nitrogen and oxygen atoms in total. The molecule has 1 amide bonds. The number of rotatable bonds is 2. The summed E-state index contributed by atoms with van der Waals surface area (Å²) in [6.07, 6.45) is 5.24. The summed E-state index contributed by atoms with van der Waals surface area (Å²) in [6, 6.07) is 0. The van der Waals surface area contributed by atoms with Crippen LogP contribution in [0.25, 0.3) is 0 Å². The Labute approximate surface area is 119 Å². The Kier molecular flexibility index (Phi) is 4.20. The minimum atomic E-state index is -0.430. The van der Waals surface area contributed by atoms with Gasteiger partial charge in [-0.05, 0) is 39.5 Å². The fourth-order valence-corrected chi connectivity index (χ4v) is 2.37. The lowest BCUT2D eigenvalue weighted by Crippen LogP contribution is -2.42. The number of hydrogen-bond acceptors (Lipinski definition) is 4. The second-order valence-electron chi connectivity index (χ2n) is 6.41. The number of carbonyl (C=O) groups is 1. The van der Waals surface area contributed by atoms with E-state index >= 15 is 0 Å². The van der Waals surface area contributed by atoms with E-state index in [-0.39, 0.29) is 6.09 Å². The van der Waals surface area contributed by atoms with Crippen LogP contribution in [-0.2, 0) is 11.3 Å². The number of nitrogens with two attached hydrogens (primary N) is 1. The van der Waals surface area contributed by atoms with E-state index in [1.807, 2.05) is 31.6 Å². The number of piperidine rings is 1. The Balaban J connectivity index is 1.79. The van der Waals surface area contributed by atoms with Crippen molar-refractivity contribution in [1.29, 1.82) is 0 Å². The van der Waals surface area contributed by atoms with Gasteiger partial charge in [0.05, 0.1) is 11.9 Å². The van der Waals surface area contributed by atoms with Crippen molar-refractivity contribution in [2.45, 2.75) is 45.8 Å². The maximum atomic E-state index is 12.0. The molecule has 0 aromatic carbocycles. The average molecular weight is 280 g/mol. The molecule has 1 aromatic rings. The van der Waals surface area contributed by atoms with E-state index in [0.29, 0.717) is 11.6 Å². The summed E-state index contributed by atoms with van der Waals surface area (Å²) < 4.78 is 7.27. The van der Waals surface area contributed by atoms with Crippen LogP contribution in [0.5, 0.6) is 0 Å². The largest absolute Gasteiger partial charge is 0.444 e. The van der Waals surface area contributed by atoms with Gasteiger partial charge in [-0.3, -0.25) is 4.68 Å². The maximum absolute atomic E-state index is 12.0. The van der Waals surface area contributed by atoms with Crippen molar-refractivity contribution < 1.29 is 9.53 Å². The SMILES string of the molecule is CC(C)(C)OC(=O)N1CCC(Cn2cc(N)cn2)CC1. The molecule has 2 N–H and O–H groups in total. The fraction of sp³-hybridized carbons (Fsp3) is 0.714. The van der Waals surface area contributed by atoms with Crippen molar-refractivity contribution in [1.82, 2.24) is 14.7 Å². The van der Waals surface area contributed by atoms with Crippen LogP contribution in [-0.4, -0.2) is 39.5 Å². The third kappa shape index (κ3) is 4.15. The molecule has 0 atom stereocenters. The molecular formula is C14H24N4O2. The van der Waals surface area contributed by atoms with Gasteiger partial charge in [-0.2, -0.15) is 5.10 Å². The van der Waals surface area contributed by atoms with Crippen LogP contribution in [0, 0.1) is 5.92 Å². The van der Waals surface area contributed by atoms with Crippen LogP contribution in [0.4, 0.5) is 10.5 Å². The van der Waals surface area contributed by atoms with E-state index in [2.05, 4.69) is 5.10 Å². The van der Waals surface area contributed by atoms with Gasteiger partial charge in [0.25, 0.3) is 0 Å². The van der Waals surface area contributed by atoms with Crippen LogP contribution in [0.1, 0.15) is 33.6 Å². The molecule has 1 aliphatic rings. The Morgan fingerprint density at radius 1 is 1.45 bits per heavy atom. The number of carbonyl (C=O) groups excluding carboxylic acids is 1. The van der Waals surface area contributed by atoms with Crippen molar-refractivity contribution in [3.8, 4) is 0 Å². The molecule has 1 saturated heterocycles. The van der Waals surface area contributed by atoms with E-state index < -0.39 is 5.60 Å². The lowest BCUT2D eigenvalue weighted by Gasteiger charge is -2.33. The van der Waals surface area contributed by atoms with Gasteiger partial charge in [0, 0.05) is 25.8 Å². The zero-order valence-electron chi connectivity index (χ0n) is 12.5. The molecule has 0 aliphatic carbocycles. The lowest BCUT2D eigenvalue weighted by atomic mass is 9.97. The third-order valence-corrected chi connectivity index (χ3v) is 3.36. The van der Waals surface area contributed by atoms with Gasteiger partial charge in [0.2, 0.25) is 0 Å². The van der Waals surface area contributed by atoms with Gasteiger partial charge in [0.1, 0.15) is 5.60 Å². The van der Waals surface area contributed by atoms with Crippen LogP contribution >= 0.6 is 0 Å². The van der Waals surface area contributed by atoms with Gasteiger partial charge in [-0.1, -0.05) is 0 Å². The summed E-state index contributed by atoms with van der Waals surface area (Å²) in [5.74, 6) is 0.535. The highest BCUT2D eigenvalue weighted by Crippen LogP contribution is 2.21. The first-order valence-corrected chi connectivity index (χ1v) is 7.09. The minimum Gasteiger partial charge on any atom is -0.444 e. The number of nitrogen functional groups attached to an aromatic ring is 1. The Hall–Kier alpha value is -1.72. The van der Waals surface area contributed by atoms with Crippen molar-refractivity contribution in [2.75, 3.05) is 18.8 Å². The van der Waals surface area contributed by atoms with Gasteiger partial charge in [-0.25, -0.2) is 4.79 Å². The third-order valence-electron chi connectivity index (χ3n) is 3.36. The van der Waals surface area contributed by atoms with E-state index in [9.17, 15) is 4.79 Å². The number of ether oxygens (including phenoxy) is 1. The average Bonchev–Trinajstić information content (AvgIpc) is 2.73. The normalized spacial score (nSPS) is 17.2. The molecule has 1 fully saturated rings. The second-order valence-corrected chi connectivity index (χ2v) is 6.41. The number of hydrogen-bond donors (Lipinski definition) is 1.